The Bertz CT molecular complexity index is 149. The van der Waals surface area contributed by atoms with E-state index in [9.17, 15) is 4.79 Å². The molecule has 64 valence electrons. The van der Waals surface area contributed by atoms with Gasteiger partial charge in [0.25, 0.3) is 0 Å². The van der Waals surface area contributed by atoms with Crippen LogP contribution in [0.3, 0.4) is 0 Å². The lowest BCUT2D eigenvalue weighted by Crippen LogP contribution is -2.38. The van der Waals surface area contributed by atoms with Crippen molar-refractivity contribution in [3.63, 3.8) is 0 Å². The number of nitrogens with one attached hydrogen (secondary N) is 1. The molecule has 0 aliphatic rings. The lowest BCUT2D eigenvalue weighted by Gasteiger charge is -2.15. The van der Waals surface area contributed by atoms with Gasteiger partial charge in [0.1, 0.15) is 5.50 Å². The molecule has 3 nitrogen and oxygen atoms in total. The first-order valence-corrected chi connectivity index (χ1v) is 3.80. The molecule has 0 saturated heterocycles. The highest BCUT2D eigenvalue weighted by Gasteiger charge is 2.14. The molecule has 0 aliphatic heterocycles. The summed E-state index contributed by atoms with van der Waals surface area (Å²) in [7, 11) is 0. The summed E-state index contributed by atoms with van der Waals surface area (Å²) in [5.41, 5.74) is -0.731. The SMILES string of the molecule is C=CC(=O)NC(Cl)C(O)CC. The van der Waals surface area contributed by atoms with Gasteiger partial charge in [0.2, 0.25) is 5.91 Å². The number of amides is 1. The van der Waals surface area contributed by atoms with Crippen LogP contribution in [0.2, 0.25) is 0 Å². The number of halogens is 1. The van der Waals surface area contributed by atoms with Crippen molar-refractivity contribution < 1.29 is 9.90 Å². The van der Waals surface area contributed by atoms with Crippen LogP contribution in [0.1, 0.15) is 13.3 Å². The molecule has 1 amide bonds. The van der Waals surface area contributed by atoms with E-state index in [1.165, 1.54) is 0 Å². The number of aliphatic hydroxyl groups is 1. The molecule has 0 aromatic rings. The second-order valence-electron chi connectivity index (χ2n) is 2.09. The molecule has 0 rings (SSSR count). The minimum Gasteiger partial charge on any atom is -0.390 e. The lowest BCUT2D eigenvalue weighted by molar-refractivity contribution is -0.117. The fourth-order valence-corrected chi connectivity index (χ4v) is 0.784. The van der Waals surface area contributed by atoms with E-state index in [0.717, 1.165) is 6.08 Å². The van der Waals surface area contributed by atoms with E-state index in [0.29, 0.717) is 6.42 Å². The Morgan fingerprint density at radius 2 is 2.45 bits per heavy atom. The molecule has 0 bridgehead atoms. The highest BCUT2D eigenvalue weighted by atomic mass is 35.5. The summed E-state index contributed by atoms with van der Waals surface area (Å²) < 4.78 is 0. The van der Waals surface area contributed by atoms with E-state index in [1.807, 2.05) is 0 Å². The van der Waals surface area contributed by atoms with Gasteiger partial charge in [-0.1, -0.05) is 25.1 Å². The zero-order chi connectivity index (χ0) is 8.85. The second kappa shape index (κ2) is 5.16. The Kier molecular flexibility index (Phi) is 4.90. The molecule has 0 aliphatic carbocycles. The van der Waals surface area contributed by atoms with Crippen LogP contribution >= 0.6 is 11.6 Å². The van der Waals surface area contributed by atoms with Crippen LogP contribution in [0.25, 0.3) is 0 Å². The van der Waals surface area contributed by atoms with Gasteiger partial charge in [0, 0.05) is 0 Å². The average molecular weight is 178 g/mol. The number of alkyl halides is 1. The van der Waals surface area contributed by atoms with Crippen LogP contribution in [0, 0.1) is 0 Å². The van der Waals surface area contributed by atoms with Crippen molar-refractivity contribution >= 4 is 17.5 Å². The maximum Gasteiger partial charge on any atom is 0.244 e. The van der Waals surface area contributed by atoms with Crippen molar-refractivity contribution in [3.8, 4) is 0 Å². The average Bonchev–Trinajstić information content (AvgIpc) is 2.02. The highest BCUT2D eigenvalue weighted by Crippen LogP contribution is 2.02. The normalized spacial score (nSPS) is 15.2. The van der Waals surface area contributed by atoms with Crippen molar-refractivity contribution in [3.05, 3.63) is 12.7 Å². The minimum absolute atomic E-state index is 0.377. The molecule has 0 saturated carbocycles. The summed E-state index contributed by atoms with van der Waals surface area (Å²) in [5, 5.41) is 11.4. The number of carbonyl (C=O) groups is 1. The van der Waals surface area contributed by atoms with Gasteiger partial charge < -0.3 is 10.4 Å². The molecule has 0 heterocycles. The van der Waals surface area contributed by atoms with Crippen LogP contribution < -0.4 is 5.32 Å². The van der Waals surface area contributed by atoms with Crippen molar-refractivity contribution in [2.75, 3.05) is 0 Å². The number of hydrogen-bond acceptors (Lipinski definition) is 2. The molecule has 4 heteroatoms. The second-order valence-corrected chi connectivity index (χ2v) is 2.56. The standard InChI is InChI=1S/C7H12ClNO2/c1-3-5(10)7(8)9-6(11)4-2/h4-5,7,10H,2-3H2,1H3,(H,9,11). The topological polar surface area (TPSA) is 49.3 Å². The van der Waals surface area contributed by atoms with E-state index in [1.54, 1.807) is 6.92 Å². The predicted molar refractivity (Wildman–Crippen MR) is 44.3 cm³/mol. The van der Waals surface area contributed by atoms with Gasteiger partial charge in [0.05, 0.1) is 6.10 Å². The van der Waals surface area contributed by atoms with Gasteiger partial charge in [-0.15, -0.1) is 0 Å². The first-order chi connectivity index (χ1) is 5.11. The summed E-state index contributed by atoms with van der Waals surface area (Å²) in [6.45, 7) is 5.02. The zero-order valence-electron chi connectivity index (χ0n) is 6.38. The predicted octanol–water partition coefficient (Wildman–Crippen LogP) is 0.624. The Labute approximate surface area is 71.0 Å². The minimum atomic E-state index is -0.731. The van der Waals surface area contributed by atoms with Crippen molar-refractivity contribution in [1.82, 2.24) is 5.32 Å². The molecule has 11 heavy (non-hydrogen) atoms. The summed E-state index contributed by atoms with van der Waals surface area (Å²) in [6.07, 6.45) is 0.907. The van der Waals surface area contributed by atoms with Gasteiger partial charge in [-0.2, -0.15) is 0 Å². The van der Waals surface area contributed by atoms with Gasteiger partial charge in [0.15, 0.2) is 0 Å². The Hall–Kier alpha value is -0.540. The molecule has 0 aromatic carbocycles. The molecule has 2 unspecified atom stereocenters. The maximum absolute atomic E-state index is 10.6. The molecule has 2 N–H and O–H groups in total. The third-order valence-corrected chi connectivity index (χ3v) is 1.62. The zero-order valence-corrected chi connectivity index (χ0v) is 7.14. The Balaban J connectivity index is 3.76. The van der Waals surface area contributed by atoms with Crippen LogP contribution in [0.5, 0.6) is 0 Å². The van der Waals surface area contributed by atoms with E-state index >= 15 is 0 Å². The van der Waals surface area contributed by atoms with Gasteiger partial charge in [-0.25, -0.2) is 0 Å². The Morgan fingerprint density at radius 1 is 1.91 bits per heavy atom. The lowest BCUT2D eigenvalue weighted by atomic mass is 10.3. The fraction of sp³-hybridized carbons (Fsp3) is 0.571. The van der Waals surface area contributed by atoms with E-state index < -0.39 is 11.6 Å². The largest absolute Gasteiger partial charge is 0.390 e. The fourth-order valence-electron chi connectivity index (χ4n) is 0.498. The highest BCUT2D eigenvalue weighted by molar-refractivity contribution is 6.21. The summed E-state index contributed by atoms with van der Waals surface area (Å²) in [4.78, 5) is 10.6. The van der Waals surface area contributed by atoms with E-state index in [-0.39, 0.29) is 5.91 Å². The number of hydrogen-bond donors (Lipinski definition) is 2. The first-order valence-electron chi connectivity index (χ1n) is 3.36. The molecule has 0 fully saturated rings. The first kappa shape index (κ1) is 10.5. The van der Waals surface area contributed by atoms with Crippen LogP contribution in [0.15, 0.2) is 12.7 Å². The third kappa shape index (κ3) is 4.01. The summed E-state index contributed by atoms with van der Waals surface area (Å²) >= 11 is 5.58. The van der Waals surface area contributed by atoms with Gasteiger partial charge in [-0.05, 0) is 12.5 Å². The Morgan fingerprint density at radius 3 is 2.82 bits per heavy atom. The van der Waals surface area contributed by atoms with Crippen LogP contribution in [0.4, 0.5) is 0 Å². The quantitative estimate of drug-likeness (QED) is 0.376. The molecule has 0 aromatic heterocycles. The smallest absolute Gasteiger partial charge is 0.244 e. The monoisotopic (exact) mass is 177 g/mol. The maximum atomic E-state index is 10.6. The van der Waals surface area contributed by atoms with E-state index in [4.69, 9.17) is 16.7 Å². The van der Waals surface area contributed by atoms with Crippen molar-refractivity contribution in [2.24, 2.45) is 0 Å². The number of aliphatic hydroxyl groups excluding tert-OH is 1. The molecule has 0 radical (unpaired) electrons. The van der Waals surface area contributed by atoms with Crippen LogP contribution in [-0.4, -0.2) is 22.6 Å². The molecular formula is C7H12ClNO2. The van der Waals surface area contributed by atoms with Crippen molar-refractivity contribution in [2.45, 2.75) is 24.9 Å². The van der Waals surface area contributed by atoms with Gasteiger partial charge >= 0.3 is 0 Å². The molecular weight excluding hydrogens is 166 g/mol. The van der Waals surface area contributed by atoms with E-state index in [2.05, 4.69) is 11.9 Å². The molecule has 0 spiro atoms. The third-order valence-electron chi connectivity index (χ3n) is 1.22. The summed E-state index contributed by atoms with van der Waals surface area (Å²) in [6, 6.07) is 0. The number of rotatable bonds is 4. The molecule has 2 atom stereocenters. The van der Waals surface area contributed by atoms with Gasteiger partial charge in [-0.3, -0.25) is 4.79 Å². The number of carbonyl (C=O) groups excluding carboxylic acids is 1. The van der Waals surface area contributed by atoms with Crippen molar-refractivity contribution in [1.29, 1.82) is 0 Å². The van der Waals surface area contributed by atoms with Crippen LogP contribution in [-0.2, 0) is 4.79 Å². The summed E-state index contributed by atoms with van der Waals surface area (Å²) in [5.74, 6) is -0.377.